The van der Waals surface area contributed by atoms with Gasteiger partial charge in [-0.15, -0.1) is 11.3 Å². The zero-order valence-electron chi connectivity index (χ0n) is 20.0. The molecule has 0 bridgehead atoms. The molecular formula is C24H28N6O3S2. The number of rotatable bonds is 6. The van der Waals surface area contributed by atoms with Crippen molar-refractivity contribution in [3.63, 3.8) is 0 Å². The second-order valence-corrected chi connectivity index (χ2v) is 10.8. The fourth-order valence-electron chi connectivity index (χ4n) is 3.57. The molecule has 4 N–H and O–H groups in total. The van der Waals surface area contributed by atoms with E-state index in [1.54, 1.807) is 12.5 Å². The van der Waals surface area contributed by atoms with E-state index < -0.39 is 5.54 Å². The molecule has 1 aromatic carbocycles. The van der Waals surface area contributed by atoms with E-state index in [0.29, 0.717) is 50.5 Å². The monoisotopic (exact) mass is 512 g/mol. The minimum absolute atomic E-state index is 0.137. The number of carbonyl (C=O) groups excluding carboxylic acids is 2. The van der Waals surface area contributed by atoms with Gasteiger partial charge in [-0.2, -0.15) is 0 Å². The minimum Gasteiger partial charge on any atom is -0.498 e. The second-order valence-electron chi connectivity index (χ2n) is 9.04. The predicted octanol–water partition coefficient (Wildman–Crippen LogP) is 3.93. The Kier molecular flexibility index (Phi) is 7.18. The smallest absolute Gasteiger partial charge is 0.263 e. The molecule has 0 radical (unpaired) electrons. The normalized spacial score (nSPS) is 13.5. The number of aromatic nitrogens is 2. The van der Waals surface area contributed by atoms with Gasteiger partial charge in [-0.25, -0.2) is 9.97 Å². The van der Waals surface area contributed by atoms with Crippen LogP contribution in [0.4, 0.5) is 11.4 Å². The number of fused-ring (bicyclic) bond motifs is 1. The lowest BCUT2D eigenvalue weighted by molar-refractivity contribution is -0.117. The summed E-state index contributed by atoms with van der Waals surface area (Å²) in [6.45, 7) is 7.19. The van der Waals surface area contributed by atoms with E-state index in [4.69, 9.17) is 15.5 Å². The molecule has 2 amide bonds. The summed E-state index contributed by atoms with van der Waals surface area (Å²) < 4.78 is 5.17. The molecule has 0 fully saturated rings. The molecule has 9 nitrogen and oxygen atoms in total. The molecule has 0 atom stereocenters. The molecule has 0 saturated carbocycles. The van der Waals surface area contributed by atoms with Gasteiger partial charge in [0.1, 0.15) is 16.3 Å². The van der Waals surface area contributed by atoms with Crippen LogP contribution >= 0.6 is 23.1 Å². The SMILES string of the molecule is CSc1nc(-c2cccc(NC(=O)CN3C=COCC3)c2)c2c(N)c(C(=O)NC(C)(C)C)sc2n1. The van der Waals surface area contributed by atoms with Crippen LogP contribution in [0.25, 0.3) is 21.5 Å². The van der Waals surface area contributed by atoms with Crippen LogP contribution in [0.15, 0.2) is 41.9 Å². The van der Waals surface area contributed by atoms with Crippen molar-refractivity contribution in [1.29, 1.82) is 0 Å². The molecule has 2 aromatic heterocycles. The maximum absolute atomic E-state index is 12.9. The third-order valence-electron chi connectivity index (χ3n) is 5.08. The van der Waals surface area contributed by atoms with Gasteiger partial charge in [0.2, 0.25) is 5.91 Å². The third-order valence-corrected chi connectivity index (χ3v) is 6.72. The van der Waals surface area contributed by atoms with Crippen LogP contribution in [0.1, 0.15) is 30.4 Å². The van der Waals surface area contributed by atoms with Gasteiger partial charge in [-0.05, 0) is 39.2 Å². The Hall–Kier alpha value is -3.31. The number of carbonyl (C=O) groups is 2. The number of hydrogen-bond acceptors (Lipinski definition) is 9. The molecule has 0 aliphatic carbocycles. The summed E-state index contributed by atoms with van der Waals surface area (Å²) in [5.41, 5.74) is 8.46. The van der Waals surface area contributed by atoms with Crippen molar-refractivity contribution in [1.82, 2.24) is 20.2 Å². The lowest BCUT2D eigenvalue weighted by Crippen LogP contribution is -2.40. The average Bonchev–Trinajstić information content (AvgIpc) is 3.14. The van der Waals surface area contributed by atoms with Gasteiger partial charge in [-0.1, -0.05) is 23.9 Å². The number of nitrogens with zero attached hydrogens (tertiary/aromatic N) is 3. The van der Waals surface area contributed by atoms with Crippen LogP contribution in [-0.4, -0.2) is 58.2 Å². The summed E-state index contributed by atoms with van der Waals surface area (Å²) in [5.74, 6) is -0.379. The first-order chi connectivity index (χ1) is 16.6. The number of nitrogen functional groups attached to an aromatic ring is 1. The van der Waals surface area contributed by atoms with Crippen molar-refractivity contribution in [3.8, 4) is 11.3 Å². The second kappa shape index (κ2) is 10.1. The Bertz CT molecular complexity index is 1300. The van der Waals surface area contributed by atoms with E-state index in [0.717, 1.165) is 5.56 Å². The van der Waals surface area contributed by atoms with Crippen LogP contribution in [-0.2, 0) is 9.53 Å². The van der Waals surface area contributed by atoms with Gasteiger partial charge in [0.15, 0.2) is 5.16 Å². The number of nitrogens with two attached hydrogens (primary N) is 1. The maximum atomic E-state index is 12.9. The van der Waals surface area contributed by atoms with Gasteiger partial charge in [0.25, 0.3) is 5.91 Å². The number of benzene rings is 1. The number of anilines is 2. The molecule has 1 aliphatic rings. The topological polar surface area (TPSA) is 122 Å². The quantitative estimate of drug-likeness (QED) is 0.335. The van der Waals surface area contributed by atoms with Crippen molar-refractivity contribution < 1.29 is 14.3 Å². The molecule has 1 aliphatic heterocycles. The summed E-state index contributed by atoms with van der Waals surface area (Å²) in [6, 6.07) is 7.43. The van der Waals surface area contributed by atoms with E-state index >= 15 is 0 Å². The highest BCUT2D eigenvalue weighted by Crippen LogP contribution is 2.40. The minimum atomic E-state index is -0.401. The van der Waals surface area contributed by atoms with E-state index in [9.17, 15) is 9.59 Å². The van der Waals surface area contributed by atoms with E-state index in [1.165, 1.54) is 23.1 Å². The Balaban J connectivity index is 1.68. The molecule has 11 heteroatoms. The summed E-state index contributed by atoms with van der Waals surface area (Å²) in [6.07, 6.45) is 5.24. The van der Waals surface area contributed by atoms with Gasteiger partial charge >= 0.3 is 0 Å². The van der Waals surface area contributed by atoms with Crippen LogP contribution in [0.5, 0.6) is 0 Å². The number of amides is 2. The Labute approximate surface area is 212 Å². The number of nitrogens with one attached hydrogen (secondary N) is 2. The maximum Gasteiger partial charge on any atom is 0.263 e. The number of hydrogen-bond donors (Lipinski definition) is 3. The first-order valence-corrected chi connectivity index (χ1v) is 13.1. The molecule has 3 aromatic rings. The number of thiophene rings is 1. The van der Waals surface area contributed by atoms with Crippen molar-refractivity contribution in [3.05, 3.63) is 41.6 Å². The van der Waals surface area contributed by atoms with E-state index in [2.05, 4.69) is 15.6 Å². The molecule has 184 valence electrons. The van der Waals surface area contributed by atoms with E-state index in [-0.39, 0.29) is 18.4 Å². The highest BCUT2D eigenvalue weighted by Gasteiger charge is 2.24. The highest BCUT2D eigenvalue weighted by atomic mass is 32.2. The molecule has 0 unspecified atom stereocenters. The lowest BCUT2D eigenvalue weighted by Gasteiger charge is -2.22. The van der Waals surface area contributed by atoms with E-state index in [1.807, 2.05) is 56.2 Å². The molecule has 0 spiro atoms. The Morgan fingerprint density at radius 1 is 1.29 bits per heavy atom. The zero-order chi connectivity index (χ0) is 25.2. The average molecular weight is 513 g/mol. The van der Waals surface area contributed by atoms with Crippen LogP contribution in [0.3, 0.4) is 0 Å². The van der Waals surface area contributed by atoms with Crippen molar-refractivity contribution in [2.45, 2.75) is 31.5 Å². The van der Waals surface area contributed by atoms with Gasteiger partial charge in [-0.3, -0.25) is 9.59 Å². The zero-order valence-corrected chi connectivity index (χ0v) is 21.7. The fourth-order valence-corrected chi connectivity index (χ4v) is 4.98. The summed E-state index contributed by atoms with van der Waals surface area (Å²) in [7, 11) is 0. The molecule has 4 rings (SSSR count). The fraction of sp³-hybridized carbons (Fsp3) is 0.333. The largest absolute Gasteiger partial charge is 0.498 e. The Morgan fingerprint density at radius 3 is 2.77 bits per heavy atom. The van der Waals surface area contributed by atoms with Crippen LogP contribution < -0.4 is 16.4 Å². The first kappa shape index (κ1) is 24.8. The first-order valence-electron chi connectivity index (χ1n) is 11.0. The molecule has 3 heterocycles. The standard InChI is InChI=1S/C24H28N6O3S2/c1-24(2,3)29-21(32)20-18(25)17-19(27-23(34-4)28-22(17)35-20)14-6-5-7-15(12-14)26-16(31)13-30-8-10-33-11-9-30/h5-8,10,12H,9,11,13,25H2,1-4H3,(H,26,31)(H,29,32). The number of ether oxygens (including phenoxy) is 1. The third kappa shape index (κ3) is 5.85. The summed E-state index contributed by atoms with van der Waals surface area (Å²) in [4.78, 5) is 37.7. The van der Waals surface area contributed by atoms with Gasteiger partial charge in [0, 0.05) is 23.0 Å². The molecule has 0 saturated heterocycles. The summed E-state index contributed by atoms with van der Waals surface area (Å²) in [5, 5.41) is 7.11. The molecule has 35 heavy (non-hydrogen) atoms. The Morgan fingerprint density at radius 2 is 2.09 bits per heavy atom. The highest BCUT2D eigenvalue weighted by molar-refractivity contribution is 7.98. The predicted molar refractivity (Wildman–Crippen MR) is 142 cm³/mol. The van der Waals surface area contributed by atoms with Gasteiger partial charge < -0.3 is 26.0 Å². The van der Waals surface area contributed by atoms with Crippen LogP contribution in [0, 0.1) is 0 Å². The van der Waals surface area contributed by atoms with Crippen molar-refractivity contribution in [2.24, 2.45) is 0 Å². The van der Waals surface area contributed by atoms with Crippen molar-refractivity contribution in [2.75, 3.05) is 37.0 Å². The summed E-state index contributed by atoms with van der Waals surface area (Å²) >= 11 is 2.66. The van der Waals surface area contributed by atoms with Crippen LogP contribution in [0.2, 0.25) is 0 Å². The van der Waals surface area contributed by atoms with Crippen molar-refractivity contribution >= 4 is 56.5 Å². The lowest BCUT2D eigenvalue weighted by atomic mass is 10.1. The molecular weight excluding hydrogens is 484 g/mol. The van der Waals surface area contributed by atoms with Gasteiger partial charge in [0.05, 0.1) is 36.1 Å². The number of thioether (sulfide) groups is 1.